The van der Waals surface area contributed by atoms with Crippen LogP contribution in [0.3, 0.4) is 0 Å². The second-order valence-electron chi connectivity index (χ2n) is 4.72. The van der Waals surface area contributed by atoms with E-state index in [0.29, 0.717) is 19.4 Å². The summed E-state index contributed by atoms with van der Waals surface area (Å²) in [4.78, 5) is 0. The Morgan fingerprint density at radius 2 is 1.75 bits per heavy atom. The van der Waals surface area contributed by atoms with E-state index in [1.54, 1.807) is 0 Å². The van der Waals surface area contributed by atoms with E-state index in [4.69, 9.17) is 9.05 Å². The lowest BCUT2D eigenvalue weighted by Crippen LogP contribution is -2.00. The topological polar surface area (TPSA) is 35.5 Å². The van der Waals surface area contributed by atoms with Crippen molar-refractivity contribution in [2.75, 3.05) is 19.4 Å². The summed E-state index contributed by atoms with van der Waals surface area (Å²) in [7, 11) is -2.83. The third kappa shape index (κ3) is 7.23. The highest BCUT2D eigenvalue weighted by Gasteiger charge is 2.22. The van der Waals surface area contributed by atoms with Crippen LogP contribution in [-0.4, -0.2) is 19.4 Å². The molecule has 0 spiro atoms. The molecule has 0 unspecified atom stereocenters. The molecule has 0 heterocycles. The van der Waals surface area contributed by atoms with E-state index in [1.165, 1.54) is 5.56 Å². The average molecular weight is 297 g/mol. The SMILES string of the molecule is CCOP(=O)(CCCCCCc1[c]cccc1)OCC. The molecule has 0 aliphatic rings. The smallest absolute Gasteiger partial charge is 0.309 e. The molecule has 1 radical (unpaired) electrons. The van der Waals surface area contributed by atoms with Gasteiger partial charge in [-0.05, 0) is 44.7 Å². The van der Waals surface area contributed by atoms with Gasteiger partial charge in [-0.3, -0.25) is 4.57 Å². The summed E-state index contributed by atoms with van der Waals surface area (Å²) in [6, 6.07) is 11.3. The van der Waals surface area contributed by atoms with Gasteiger partial charge >= 0.3 is 7.60 Å². The fourth-order valence-corrected chi connectivity index (χ4v) is 3.85. The standard InChI is InChI=1S/C16H26O3P/c1-3-18-20(17,19-4-2)15-11-6-5-8-12-16-13-9-7-10-14-16/h7,9-10,13H,3-6,8,11-12,15H2,1-2H3. The Kier molecular flexibility index (Phi) is 8.84. The number of unbranched alkanes of at least 4 members (excludes halogenated alkanes) is 3. The van der Waals surface area contributed by atoms with Crippen LogP contribution >= 0.6 is 7.60 Å². The van der Waals surface area contributed by atoms with Gasteiger partial charge < -0.3 is 9.05 Å². The number of benzene rings is 1. The number of hydrogen-bond acceptors (Lipinski definition) is 3. The second kappa shape index (κ2) is 10.1. The van der Waals surface area contributed by atoms with E-state index in [0.717, 1.165) is 32.1 Å². The van der Waals surface area contributed by atoms with Crippen LogP contribution in [0.1, 0.15) is 45.1 Å². The van der Waals surface area contributed by atoms with Gasteiger partial charge in [0.1, 0.15) is 0 Å². The molecule has 0 saturated carbocycles. The molecule has 0 aliphatic carbocycles. The molecule has 0 aromatic heterocycles. The molecule has 20 heavy (non-hydrogen) atoms. The average Bonchev–Trinajstić information content (AvgIpc) is 2.44. The lowest BCUT2D eigenvalue weighted by molar-refractivity contribution is 0.219. The summed E-state index contributed by atoms with van der Waals surface area (Å²) >= 11 is 0. The highest BCUT2D eigenvalue weighted by molar-refractivity contribution is 7.53. The van der Waals surface area contributed by atoms with Gasteiger partial charge in [0.25, 0.3) is 0 Å². The molecule has 113 valence electrons. The van der Waals surface area contributed by atoms with Crippen molar-refractivity contribution >= 4 is 7.60 Å². The van der Waals surface area contributed by atoms with E-state index in [9.17, 15) is 4.57 Å². The van der Waals surface area contributed by atoms with Crippen LogP contribution < -0.4 is 0 Å². The maximum Gasteiger partial charge on any atom is 0.330 e. The van der Waals surface area contributed by atoms with Crippen LogP contribution in [0.5, 0.6) is 0 Å². The van der Waals surface area contributed by atoms with Crippen LogP contribution in [0.4, 0.5) is 0 Å². The second-order valence-corrected chi connectivity index (χ2v) is 6.91. The quantitative estimate of drug-likeness (QED) is 0.432. The Labute approximate surface area is 123 Å². The van der Waals surface area contributed by atoms with Gasteiger partial charge in [-0.1, -0.05) is 37.1 Å². The van der Waals surface area contributed by atoms with E-state index in [1.807, 2.05) is 32.0 Å². The van der Waals surface area contributed by atoms with E-state index in [2.05, 4.69) is 12.1 Å². The Balaban J connectivity index is 2.13. The minimum atomic E-state index is -2.83. The predicted molar refractivity (Wildman–Crippen MR) is 83.2 cm³/mol. The summed E-state index contributed by atoms with van der Waals surface area (Å²) < 4.78 is 22.8. The highest BCUT2D eigenvalue weighted by Crippen LogP contribution is 2.48. The monoisotopic (exact) mass is 297 g/mol. The van der Waals surface area contributed by atoms with E-state index >= 15 is 0 Å². The molecule has 0 atom stereocenters. The zero-order valence-corrected chi connectivity index (χ0v) is 13.5. The first-order chi connectivity index (χ1) is 9.70. The van der Waals surface area contributed by atoms with Gasteiger partial charge in [0.15, 0.2) is 0 Å². The molecular weight excluding hydrogens is 271 g/mol. The molecular formula is C16H26O3P. The molecule has 0 amide bonds. The first-order valence-electron chi connectivity index (χ1n) is 7.54. The van der Waals surface area contributed by atoms with Crippen LogP contribution in [0.2, 0.25) is 0 Å². The maximum absolute atomic E-state index is 12.2. The molecule has 0 saturated heterocycles. The Morgan fingerprint density at radius 1 is 1.05 bits per heavy atom. The summed E-state index contributed by atoms with van der Waals surface area (Å²) in [6.07, 6.45) is 5.85. The van der Waals surface area contributed by atoms with E-state index in [-0.39, 0.29) is 0 Å². The van der Waals surface area contributed by atoms with Crippen molar-refractivity contribution in [3.8, 4) is 0 Å². The summed E-state index contributed by atoms with van der Waals surface area (Å²) in [5.74, 6) is 0. The van der Waals surface area contributed by atoms with Crippen molar-refractivity contribution in [2.45, 2.75) is 46.0 Å². The van der Waals surface area contributed by atoms with Crippen molar-refractivity contribution in [1.29, 1.82) is 0 Å². The molecule has 0 N–H and O–H groups in total. The van der Waals surface area contributed by atoms with Crippen LogP contribution in [-0.2, 0) is 20.0 Å². The third-order valence-electron chi connectivity index (χ3n) is 3.05. The van der Waals surface area contributed by atoms with Crippen molar-refractivity contribution in [2.24, 2.45) is 0 Å². The lowest BCUT2D eigenvalue weighted by atomic mass is 10.1. The number of rotatable bonds is 11. The number of aryl methyl sites for hydroxylation is 1. The lowest BCUT2D eigenvalue weighted by Gasteiger charge is -2.16. The first kappa shape index (κ1) is 17.4. The Bertz CT molecular complexity index is 382. The van der Waals surface area contributed by atoms with Gasteiger partial charge in [0.2, 0.25) is 0 Å². The third-order valence-corrected chi connectivity index (χ3v) is 5.22. The molecule has 0 fully saturated rings. The molecule has 4 heteroatoms. The molecule has 1 aromatic rings. The van der Waals surface area contributed by atoms with Gasteiger partial charge in [-0.2, -0.15) is 0 Å². The van der Waals surface area contributed by atoms with Crippen molar-refractivity contribution in [3.63, 3.8) is 0 Å². The predicted octanol–water partition coefficient (Wildman–Crippen LogP) is 4.86. The summed E-state index contributed by atoms with van der Waals surface area (Å²) in [6.45, 7) is 4.59. The molecule has 0 aliphatic heterocycles. The van der Waals surface area contributed by atoms with Gasteiger partial charge in [-0.15, -0.1) is 0 Å². The number of hydrogen-bond donors (Lipinski definition) is 0. The largest absolute Gasteiger partial charge is 0.330 e. The van der Waals surface area contributed by atoms with Crippen LogP contribution in [0, 0.1) is 6.07 Å². The summed E-state index contributed by atoms with van der Waals surface area (Å²) in [5, 5.41) is 0. The van der Waals surface area contributed by atoms with Crippen molar-refractivity contribution < 1.29 is 13.6 Å². The van der Waals surface area contributed by atoms with Gasteiger partial charge in [-0.25, -0.2) is 0 Å². The highest BCUT2D eigenvalue weighted by atomic mass is 31.2. The molecule has 3 nitrogen and oxygen atoms in total. The fraction of sp³-hybridized carbons (Fsp3) is 0.625. The maximum atomic E-state index is 12.2. The zero-order valence-electron chi connectivity index (χ0n) is 12.6. The molecule has 1 rings (SSSR count). The first-order valence-corrected chi connectivity index (χ1v) is 9.26. The minimum absolute atomic E-state index is 0.446. The molecule has 1 aromatic carbocycles. The summed E-state index contributed by atoms with van der Waals surface area (Å²) in [5.41, 5.74) is 1.27. The van der Waals surface area contributed by atoms with Crippen molar-refractivity contribution in [1.82, 2.24) is 0 Å². The van der Waals surface area contributed by atoms with E-state index < -0.39 is 7.60 Å². The Hall–Kier alpha value is -0.630. The molecule has 0 bridgehead atoms. The fourth-order valence-electron chi connectivity index (χ4n) is 2.12. The normalized spacial score (nSPS) is 11.7. The van der Waals surface area contributed by atoms with Crippen LogP contribution in [0.25, 0.3) is 0 Å². The van der Waals surface area contributed by atoms with Gasteiger partial charge in [0, 0.05) is 0 Å². The minimum Gasteiger partial charge on any atom is -0.309 e. The zero-order chi connectivity index (χ0) is 14.7. The van der Waals surface area contributed by atoms with Crippen molar-refractivity contribution in [3.05, 3.63) is 35.9 Å². The van der Waals surface area contributed by atoms with Crippen LogP contribution in [0.15, 0.2) is 24.3 Å². The Morgan fingerprint density at radius 3 is 2.35 bits per heavy atom. The van der Waals surface area contributed by atoms with Gasteiger partial charge in [0.05, 0.1) is 19.4 Å².